The third kappa shape index (κ3) is 2.39. The Morgan fingerprint density at radius 2 is 2.24 bits per heavy atom. The van der Waals surface area contributed by atoms with Gasteiger partial charge in [0.05, 0.1) is 12.6 Å². The van der Waals surface area contributed by atoms with Gasteiger partial charge in [-0.1, -0.05) is 19.9 Å². The number of hydrogen-bond acceptors (Lipinski definition) is 4. The minimum atomic E-state index is -0.0206. The largest absolute Gasteiger partial charge is 0.394 e. The highest BCUT2D eigenvalue weighted by atomic mass is 16.3. The molecule has 1 atom stereocenters. The van der Waals surface area contributed by atoms with E-state index in [9.17, 15) is 5.11 Å². The van der Waals surface area contributed by atoms with Crippen molar-refractivity contribution < 1.29 is 5.11 Å². The molecule has 5 heteroatoms. The van der Waals surface area contributed by atoms with Crippen molar-refractivity contribution >= 4 is 11.6 Å². The first-order valence-corrected chi connectivity index (χ1v) is 5.81. The Morgan fingerprint density at radius 1 is 1.47 bits per heavy atom. The van der Waals surface area contributed by atoms with Gasteiger partial charge in [-0.3, -0.25) is 0 Å². The van der Waals surface area contributed by atoms with Crippen molar-refractivity contribution in [2.24, 2.45) is 5.92 Å². The van der Waals surface area contributed by atoms with Gasteiger partial charge in [-0.05, 0) is 24.5 Å². The number of aliphatic hydroxyl groups is 1. The highest BCUT2D eigenvalue weighted by molar-refractivity contribution is 5.49. The summed E-state index contributed by atoms with van der Waals surface area (Å²) in [5, 5.41) is 16.7. The van der Waals surface area contributed by atoms with Crippen molar-refractivity contribution in [3.05, 3.63) is 23.9 Å². The summed E-state index contributed by atoms with van der Waals surface area (Å²) in [5.41, 5.74) is 1.92. The predicted octanol–water partition coefficient (Wildman–Crippen LogP) is 1.47. The first kappa shape index (κ1) is 11.9. The van der Waals surface area contributed by atoms with Crippen molar-refractivity contribution in [3.8, 4) is 0 Å². The Balaban J connectivity index is 2.28. The zero-order valence-corrected chi connectivity index (χ0v) is 10.4. The third-order valence-electron chi connectivity index (χ3n) is 2.87. The van der Waals surface area contributed by atoms with Crippen molar-refractivity contribution in [2.75, 3.05) is 11.9 Å². The molecule has 2 N–H and O–H groups in total. The van der Waals surface area contributed by atoms with Crippen LogP contribution in [0.25, 0.3) is 5.65 Å². The second-order valence-corrected chi connectivity index (χ2v) is 4.57. The number of aryl methyl sites for hydroxylation is 1. The van der Waals surface area contributed by atoms with E-state index in [0.29, 0.717) is 11.9 Å². The first-order valence-electron chi connectivity index (χ1n) is 5.81. The van der Waals surface area contributed by atoms with Crippen LogP contribution >= 0.6 is 0 Å². The molecule has 0 saturated carbocycles. The number of aromatic nitrogens is 3. The van der Waals surface area contributed by atoms with Gasteiger partial charge in [-0.25, -0.2) is 4.52 Å². The highest BCUT2D eigenvalue weighted by Crippen LogP contribution is 2.12. The second kappa shape index (κ2) is 4.71. The molecule has 0 radical (unpaired) electrons. The van der Waals surface area contributed by atoms with Crippen LogP contribution in [0.4, 0.5) is 5.95 Å². The molecule has 92 valence electrons. The maximum atomic E-state index is 9.26. The number of rotatable bonds is 4. The molecule has 0 amide bonds. The van der Waals surface area contributed by atoms with E-state index in [1.54, 1.807) is 4.52 Å². The molecule has 0 spiro atoms. The van der Waals surface area contributed by atoms with Gasteiger partial charge in [0, 0.05) is 6.20 Å². The first-order chi connectivity index (χ1) is 8.11. The Bertz CT molecular complexity index is 506. The molecule has 0 aromatic carbocycles. The number of pyridine rings is 1. The lowest BCUT2D eigenvalue weighted by Gasteiger charge is -2.18. The van der Waals surface area contributed by atoms with Gasteiger partial charge in [0.15, 0.2) is 5.65 Å². The molecule has 0 aliphatic heterocycles. The van der Waals surface area contributed by atoms with Gasteiger partial charge in [-0.2, -0.15) is 4.98 Å². The minimum absolute atomic E-state index is 0.0206. The molecule has 0 bridgehead atoms. The smallest absolute Gasteiger partial charge is 0.243 e. The molecule has 0 unspecified atom stereocenters. The quantitative estimate of drug-likeness (QED) is 0.841. The summed E-state index contributed by atoms with van der Waals surface area (Å²) in [5.74, 6) is 0.889. The van der Waals surface area contributed by atoms with E-state index in [0.717, 1.165) is 11.2 Å². The number of hydrogen-bond donors (Lipinski definition) is 2. The SMILES string of the molecule is Cc1cccn2nc(N[C@H](CO)C(C)C)nc12. The van der Waals surface area contributed by atoms with E-state index in [4.69, 9.17) is 0 Å². The van der Waals surface area contributed by atoms with Crippen LogP contribution in [0, 0.1) is 12.8 Å². The summed E-state index contributed by atoms with van der Waals surface area (Å²) in [7, 11) is 0. The molecular weight excluding hydrogens is 216 g/mol. The molecule has 2 rings (SSSR count). The van der Waals surface area contributed by atoms with Gasteiger partial charge in [0.25, 0.3) is 0 Å². The Hall–Kier alpha value is -1.62. The minimum Gasteiger partial charge on any atom is -0.394 e. The van der Waals surface area contributed by atoms with Gasteiger partial charge >= 0.3 is 0 Å². The summed E-state index contributed by atoms with van der Waals surface area (Å²) in [4.78, 5) is 4.41. The molecular formula is C12H18N4O. The molecule has 0 aliphatic carbocycles. The number of nitrogens with one attached hydrogen (secondary N) is 1. The lowest BCUT2D eigenvalue weighted by molar-refractivity contribution is 0.248. The van der Waals surface area contributed by atoms with E-state index < -0.39 is 0 Å². The van der Waals surface area contributed by atoms with Gasteiger partial charge in [0.1, 0.15) is 0 Å². The highest BCUT2D eigenvalue weighted by Gasteiger charge is 2.14. The van der Waals surface area contributed by atoms with Crippen LogP contribution in [0.5, 0.6) is 0 Å². The Kier molecular flexibility index (Phi) is 3.28. The molecule has 2 aromatic heterocycles. The average Bonchev–Trinajstić information content (AvgIpc) is 2.69. The lowest BCUT2D eigenvalue weighted by atomic mass is 10.1. The average molecular weight is 234 g/mol. The van der Waals surface area contributed by atoms with Crippen LogP contribution in [0.1, 0.15) is 19.4 Å². The zero-order valence-electron chi connectivity index (χ0n) is 10.4. The van der Waals surface area contributed by atoms with Gasteiger partial charge in [-0.15, -0.1) is 5.10 Å². The van der Waals surface area contributed by atoms with Crippen LogP contribution < -0.4 is 5.32 Å². The molecule has 17 heavy (non-hydrogen) atoms. The van der Waals surface area contributed by atoms with Crippen LogP contribution in [0.2, 0.25) is 0 Å². The number of nitrogens with zero attached hydrogens (tertiary/aromatic N) is 3. The number of aliphatic hydroxyl groups excluding tert-OH is 1. The fourth-order valence-electron chi connectivity index (χ4n) is 1.69. The van der Waals surface area contributed by atoms with Crippen molar-refractivity contribution in [1.29, 1.82) is 0 Å². The Morgan fingerprint density at radius 3 is 2.82 bits per heavy atom. The van der Waals surface area contributed by atoms with Crippen molar-refractivity contribution in [1.82, 2.24) is 14.6 Å². The molecule has 5 nitrogen and oxygen atoms in total. The normalized spacial score (nSPS) is 13.2. The maximum absolute atomic E-state index is 9.26. The van der Waals surface area contributed by atoms with Crippen LogP contribution in [0.15, 0.2) is 18.3 Å². The maximum Gasteiger partial charge on any atom is 0.243 e. The van der Waals surface area contributed by atoms with Crippen LogP contribution in [-0.4, -0.2) is 32.4 Å². The fraction of sp³-hybridized carbons (Fsp3) is 0.500. The monoisotopic (exact) mass is 234 g/mol. The van der Waals surface area contributed by atoms with E-state index in [-0.39, 0.29) is 12.6 Å². The van der Waals surface area contributed by atoms with Crippen LogP contribution in [-0.2, 0) is 0 Å². The predicted molar refractivity (Wildman–Crippen MR) is 67.1 cm³/mol. The number of fused-ring (bicyclic) bond motifs is 1. The summed E-state index contributed by atoms with van der Waals surface area (Å²) in [6.45, 7) is 6.18. The van der Waals surface area contributed by atoms with E-state index in [1.807, 2.05) is 25.3 Å². The van der Waals surface area contributed by atoms with Gasteiger partial charge < -0.3 is 10.4 Å². The summed E-state index contributed by atoms with van der Waals surface area (Å²) < 4.78 is 1.74. The lowest BCUT2D eigenvalue weighted by Crippen LogP contribution is -2.29. The zero-order chi connectivity index (χ0) is 12.4. The standard InChI is InChI=1S/C12H18N4O/c1-8(2)10(7-17)13-12-14-11-9(3)5-4-6-16(11)15-12/h4-6,8,10,17H,7H2,1-3H3,(H,13,15)/t10-/m1/s1. The van der Waals surface area contributed by atoms with Gasteiger partial charge in [0.2, 0.25) is 5.95 Å². The number of anilines is 1. The van der Waals surface area contributed by atoms with Crippen LogP contribution in [0.3, 0.4) is 0 Å². The van der Waals surface area contributed by atoms with E-state index in [1.165, 1.54) is 0 Å². The third-order valence-corrected chi connectivity index (χ3v) is 2.87. The topological polar surface area (TPSA) is 62.5 Å². The van der Waals surface area contributed by atoms with Crippen molar-refractivity contribution in [3.63, 3.8) is 0 Å². The van der Waals surface area contributed by atoms with Crippen molar-refractivity contribution in [2.45, 2.75) is 26.8 Å². The fourth-order valence-corrected chi connectivity index (χ4v) is 1.69. The molecule has 2 heterocycles. The second-order valence-electron chi connectivity index (χ2n) is 4.57. The molecule has 0 fully saturated rings. The molecule has 0 aliphatic rings. The summed E-state index contributed by atoms with van der Waals surface area (Å²) in [6.07, 6.45) is 1.86. The van der Waals surface area contributed by atoms with E-state index in [2.05, 4.69) is 29.2 Å². The summed E-state index contributed by atoms with van der Waals surface area (Å²) in [6, 6.07) is 3.92. The molecule has 0 saturated heterocycles. The Labute approximate surface area is 100 Å². The molecule has 2 aromatic rings. The van der Waals surface area contributed by atoms with E-state index >= 15 is 0 Å². The summed E-state index contributed by atoms with van der Waals surface area (Å²) >= 11 is 0.